The predicted molar refractivity (Wildman–Crippen MR) is 116 cm³/mol. The van der Waals surface area contributed by atoms with E-state index in [4.69, 9.17) is 4.42 Å². The molecule has 0 bridgehead atoms. The molecule has 1 fully saturated rings. The summed E-state index contributed by atoms with van der Waals surface area (Å²) in [6.45, 7) is 8.17. The number of benzene rings is 1. The summed E-state index contributed by atoms with van der Waals surface area (Å²) in [5.74, 6) is -2.47. The molecule has 0 saturated heterocycles. The van der Waals surface area contributed by atoms with Crippen LogP contribution in [0.2, 0.25) is 0 Å². The van der Waals surface area contributed by atoms with Gasteiger partial charge in [-0.1, -0.05) is 34.1 Å². The highest BCUT2D eigenvalue weighted by molar-refractivity contribution is 6.63. The predicted octanol–water partition coefficient (Wildman–Crippen LogP) is 5.89. The Hall–Kier alpha value is -2.08. The van der Waals surface area contributed by atoms with Crippen LogP contribution in [0.1, 0.15) is 77.0 Å². The largest absolute Gasteiger partial charge is 0.573 e. The highest BCUT2D eigenvalue weighted by Crippen LogP contribution is 2.60. The van der Waals surface area contributed by atoms with Crippen molar-refractivity contribution >= 4 is 23.6 Å². The first-order valence-electron chi connectivity index (χ1n) is 11.5. The van der Waals surface area contributed by atoms with Gasteiger partial charge < -0.3 is 23.9 Å². The van der Waals surface area contributed by atoms with Crippen molar-refractivity contribution < 1.29 is 50.3 Å². The van der Waals surface area contributed by atoms with Gasteiger partial charge in [0, 0.05) is 16.9 Å². The molecular weight excluding hydrogens is 481 g/mol. The summed E-state index contributed by atoms with van der Waals surface area (Å²) < 4.78 is 92.9. The molecule has 1 heterocycles. The minimum atomic E-state index is -5.43. The van der Waals surface area contributed by atoms with Crippen molar-refractivity contribution in [2.24, 2.45) is 11.3 Å². The average Bonchev–Trinajstić information content (AvgIpc) is 2.99. The highest BCUT2D eigenvalue weighted by atomic mass is 19.4. The SMILES string of the molecule is CC1CCC2C(C)(C)CCC[C@@]2(C)c2c1oc1c(B(O)O)c(OC(F)(F)F)c(OC(F)(F)F)cc21. The van der Waals surface area contributed by atoms with E-state index in [0.29, 0.717) is 24.2 Å². The third-order valence-corrected chi connectivity index (χ3v) is 7.80. The molecule has 2 aliphatic carbocycles. The van der Waals surface area contributed by atoms with Crippen LogP contribution in [0.25, 0.3) is 11.0 Å². The van der Waals surface area contributed by atoms with Crippen LogP contribution in [-0.4, -0.2) is 29.9 Å². The third kappa shape index (κ3) is 4.59. The Morgan fingerprint density at radius 1 is 1.00 bits per heavy atom. The van der Waals surface area contributed by atoms with Gasteiger partial charge in [0.25, 0.3) is 0 Å². The van der Waals surface area contributed by atoms with Gasteiger partial charge in [-0.2, -0.15) is 0 Å². The number of ether oxygens (including phenoxy) is 2. The van der Waals surface area contributed by atoms with Crippen LogP contribution in [0.3, 0.4) is 0 Å². The number of hydrogen-bond acceptors (Lipinski definition) is 5. The minimum Gasteiger partial charge on any atom is -0.461 e. The smallest absolute Gasteiger partial charge is 0.461 e. The van der Waals surface area contributed by atoms with Crippen molar-refractivity contribution in [2.45, 2.75) is 83.9 Å². The van der Waals surface area contributed by atoms with Crippen molar-refractivity contribution in [3.63, 3.8) is 0 Å². The van der Waals surface area contributed by atoms with Crippen LogP contribution < -0.4 is 14.9 Å². The maximum Gasteiger partial charge on any atom is 0.573 e. The van der Waals surface area contributed by atoms with E-state index in [1.54, 1.807) is 0 Å². The Morgan fingerprint density at radius 2 is 1.63 bits per heavy atom. The molecule has 0 spiro atoms. The van der Waals surface area contributed by atoms with E-state index < -0.39 is 42.2 Å². The van der Waals surface area contributed by atoms with Crippen molar-refractivity contribution in [2.75, 3.05) is 0 Å². The van der Waals surface area contributed by atoms with E-state index in [0.717, 1.165) is 25.3 Å². The van der Waals surface area contributed by atoms with E-state index in [9.17, 15) is 36.4 Å². The summed E-state index contributed by atoms with van der Waals surface area (Å²) in [6.07, 6.45) is -6.75. The normalized spacial score (nSPS) is 26.6. The molecule has 12 heteroatoms. The summed E-state index contributed by atoms with van der Waals surface area (Å²) in [5, 5.41) is 20.1. The topological polar surface area (TPSA) is 72.1 Å². The molecule has 2 N–H and O–H groups in total. The van der Waals surface area contributed by atoms with Crippen molar-refractivity contribution in [1.29, 1.82) is 0 Å². The van der Waals surface area contributed by atoms with Crippen LogP contribution >= 0.6 is 0 Å². The number of hydrogen-bond donors (Lipinski definition) is 2. The van der Waals surface area contributed by atoms with Gasteiger partial charge in [-0.3, -0.25) is 0 Å². The Bertz CT molecular complexity index is 1120. The van der Waals surface area contributed by atoms with E-state index in [1.807, 2.05) is 13.8 Å². The molecular formula is C23H27BF6O5. The quantitative estimate of drug-likeness (QED) is 0.400. The molecule has 1 aromatic heterocycles. The van der Waals surface area contributed by atoms with Gasteiger partial charge in [-0.25, -0.2) is 0 Å². The number of halogens is 6. The fourth-order valence-electron chi connectivity index (χ4n) is 6.50. The lowest BCUT2D eigenvalue weighted by Crippen LogP contribution is -2.44. The first kappa shape index (κ1) is 26.0. The second-order valence-electron chi connectivity index (χ2n) is 10.6. The maximum absolute atomic E-state index is 13.2. The summed E-state index contributed by atoms with van der Waals surface area (Å²) >= 11 is 0. The van der Waals surface area contributed by atoms with Gasteiger partial charge in [-0.05, 0) is 48.5 Å². The van der Waals surface area contributed by atoms with Gasteiger partial charge in [0.1, 0.15) is 11.3 Å². The fraction of sp³-hybridized carbons (Fsp3) is 0.652. The molecule has 2 aliphatic rings. The number of alkyl halides is 6. The molecule has 194 valence electrons. The second kappa shape index (κ2) is 8.23. The second-order valence-corrected chi connectivity index (χ2v) is 10.6. The Kier molecular flexibility index (Phi) is 6.11. The maximum atomic E-state index is 13.2. The van der Waals surface area contributed by atoms with Crippen LogP contribution in [-0.2, 0) is 5.41 Å². The van der Waals surface area contributed by atoms with Gasteiger partial charge in [-0.15, -0.1) is 26.3 Å². The highest BCUT2D eigenvalue weighted by Gasteiger charge is 2.52. The molecule has 35 heavy (non-hydrogen) atoms. The summed E-state index contributed by atoms with van der Waals surface area (Å²) in [4.78, 5) is 0. The monoisotopic (exact) mass is 508 g/mol. The lowest BCUT2D eigenvalue weighted by Gasteiger charge is -2.50. The summed E-state index contributed by atoms with van der Waals surface area (Å²) in [5.41, 5.74) is -1.39. The van der Waals surface area contributed by atoms with Crippen molar-refractivity contribution in [1.82, 2.24) is 0 Å². The molecule has 5 nitrogen and oxygen atoms in total. The minimum absolute atomic E-state index is 0.0656. The van der Waals surface area contributed by atoms with E-state index >= 15 is 0 Å². The first-order valence-corrected chi connectivity index (χ1v) is 11.5. The van der Waals surface area contributed by atoms with Crippen molar-refractivity contribution in [3.8, 4) is 11.5 Å². The molecule has 2 aromatic rings. The van der Waals surface area contributed by atoms with Gasteiger partial charge >= 0.3 is 19.8 Å². The van der Waals surface area contributed by atoms with Gasteiger partial charge in [0.05, 0.1) is 5.46 Å². The van der Waals surface area contributed by atoms with Crippen LogP contribution in [0.5, 0.6) is 11.5 Å². The molecule has 4 rings (SSSR count). The van der Waals surface area contributed by atoms with Crippen LogP contribution in [0.4, 0.5) is 26.3 Å². The van der Waals surface area contributed by atoms with E-state index in [-0.39, 0.29) is 28.2 Å². The molecule has 0 amide bonds. The van der Waals surface area contributed by atoms with Gasteiger partial charge in [0.15, 0.2) is 11.5 Å². The first-order chi connectivity index (χ1) is 15.9. The zero-order valence-corrected chi connectivity index (χ0v) is 19.7. The third-order valence-electron chi connectivity index (χ3n) is 7.80. The molecule has 0 aliphatic heterocycles. The Labute approximate surface area is 198 Å². The molecule has 2 unspecified atom stereocenters. The zero-order valence-electron chi connectivity index (χ0n) is 19.7. The molecule has 3 atom stereocenters. The van der Waals surface area contributed by atoms with Crippen molar-refractivity contribution in [3.05, 3.63) is 17.4 Å². The van der Waals surface area contributed by atoms with E-state index in [2.05, 4.69) is 23.3 Å². The zero-order chi connectivity index (χ0) is 26.1. The van der Waals surface area contributed by atoms with E-state index in [1.165, 1.54) is 0 Å². The Morgan fingerprint density at radius 3 is 2.20 bits per heavy atom. The van der Waals surface area contributed by atoms with Crippen LogP contribution in [0, 0.1) is 11.3 Å². The van der Waals surface area contributed by atoms with Gasteiger partial charge in [0.2, 0.25) is 0 Å². The number of rotatable bonds is 3. The molecule has 1 saturated carbocycles. The fourth-order valence-corrected chi connectivity index (χ4v) is 6.50. The molecule has 1 aromatic carbocycles. The standard InChI is InChI=1S/C23H27BF6O5/c1-11-6-7-14-20(2,3)8-5-9-21(14,4)15-12-10-13(34-22(25,26)27)19(35-23(28,29)30)16(24(31)32)18(12)33-17(11)15/h10-11,14,31-32H,5-9H2,1-4H3/t11?,14?,21-/m1/s1. The summed E-state index contributed by atoms with van der Waals surface area (Å²) in [6, 6.07) is 0.820. The number of fused-ring (bicyclic) bond motifs is 5. The summed E-state index contributed by atoms with van der Waals surface area (Å²) in [7, 11) is -2.62. The number of furan rings is 1. The lowest BCUT2D eigenvalue weighted by molar-refractivity contribution is -0.287. The average molecular weight is 508 g/mol. The lowest BCUT2D eigenvalue weighted by atomic mass is 9.53. The Balaban J connectivity index is 2.10. The van der Waals surface area contributed by atoms with Crippen LogP contribution in [0.15, 0.2) is 10.5 Å². The molecule has 0 radical (unpaired) electrons.